The van der Waals surface area contributed by atoms with E-state index in [0.717, 1.165) is 28.2 Å². The van der Waals surface area contributed by atoms with E-state index < -0.39 is 0 Å². The predicted octanol–water partition coefficient (Wildman–Crippen LogP) is 2.32. The zero-order valence-corrected chi connectivity index (χ0v) is 10.8. The molecule has 5 nitrogen and oxygen atoms in total. The number of methoxy groups -OCH3 is 1. The Hall–Kier alpha value is -2.56. The van der Waals surface area contributed by atoms with Crippen molar-refractivity contribution in [2.45, 2.75) is 6.92 Å². The maximum atomic E-state index is 6.01. The Morgan fingerprint density at radius 1 is 1.16 bits per heavy atom. The Kier molecular flexibility index (Phi) is 2.59. The number of benzene rings is 1. The number of nitrogens with two attached hydrogens (primary N) is 1. The standard InChI is InChI=1S/C14H14N4O/c1-9-7-8-16-13-12(9)17-14(15)18(13)10-3-5-11(19-2)6-4-10/h3-8H,1-2H3,(H2,15,17). The number of pyridine rings is 1. The highest BCUT2D eigenvalue weighted by Crippen LogP contribution is 2.24. The van der Waals surface area contributed by atoms with Crippen molar-refractivity contribution < 1.29 is 4.74 Å². The monoisotopic (exact) mass is 254 g/mol. The summed E-state index contributed by atoms with van der Waals surface area (Å²) in [4.78, 5) is 8.75. The van der Waals surface area contributed by atoms with Gasteiger partial charge in [-0.15, -0.1) is 0 Å². The number of rotatable bonds is 2. The van der Waals surface area contributed by atoms with E-state index in [2.05, 4.69) is 9.97 Å². The van der Waals surface area contributed by atoms with E-state index in [-0.39, 0.29) is 0 Å². The van der Waals surface area contributed by atoms with Crippen LogP contribution in [0.5, 0.6) is 5.75 Å². The van der Waals surface area contributed by atoms with E-state index in [0.29, 0.717) is 5.95 Å². The minimum absolute atomic E-state index is 0.432. The number of aromatic nitrogens is 3. The number of imidazole rings is 1. The van der Waals surface area contributed by atoms with Gasteiger partial charge in [0.05, 0.1) is 12.8 Å². The first kappa shape index (κ1) is 11.5. The molecule has 0 fully saturated rings. The molecule has 0 aliphatic heterocycles. The number of hydrogen-bond acceptors (Lipinski definition) is 4. The summed E-state index contributed by atoms with van der Waals surface area (Å²) < 4.78 is 6.99. The quantitative estimate of drug-likeness (QED) is 0.762. The summed E-state index contributed by atoms with van der Waals surface area (Å²) in [5.41, 5.74) is 9.58. The molecule has 2 heterocycles. The summed E-state index contributed by atoms with van der Waals surface area (Å²) in [5.74, 6) is 1.23. The van der Waals surface area contributed by atoms with Crippen LogP contribution < -0.4 is 10.5 Å². The van der Waals surface area contributed by atoms with Crippen LogP contribution in [0.15, 0.2) is 36.5 Å². The first-order valence-electron chi connectivity index (χ1n) is 5.94. The second-order valence-corrected chi connectivity index (χ2v) is 4.30. The van der Waals surface area contributed by atoms with Crippen LogP contribution in [0, 0.1) is 6.92 Å². The highest BCUT2D eigenvalue weighted by Gasteiger charge is 2.12. The van der Waals surface area contributed by atoms with Gasteiger partial charge < -0.3 is 10.5 Å². The molecule has 2 N–H and O–H groups in total. The van der Waals surface area contributed by atoms with Crippen LogP contribution >= 0.6 is 0 Å². The van der Waals surface area contributed by atoms with E-state index in [1.807, 2.05) is 41.8 Å². The van der Waals surface area contributed by atoms with Crippen molar-refractivity contribution in [2.24, 2.45) is 0 Å². The molecule has 0 unspecified atom stereocenters. The number of anilines is 1. The van der Waals surface area contributed by atoms with Crippen LogP contribution in [0.1, 0.15) is 5.56 Å². The maximum absolute atomic E-state index is 6.01. The molecule has 19 heavy (non-hydrogen) atoms. The number of hydrogen-bond donors (Lipinski definition) is 1. The summed E-state index contributed by atoms with van der Waals surface area (Å²) in [7, 11) is 1.64. The molecule has 3 rings (SSSR count). The molecule has 3 aromatic rings. The molecule has 0 aliphatic rings. The molecule has 0 spiro atoms. The molecule has 0 aliphatic carbocycles. The van der Waals surface area contributed by atoms with Crippen molar-refractivity contribution in [1.82, 2.24) is 14.5 Å². The fraction of sp³-hybridized carbons (Fsp3) is 0.143. The summed E-state index contributed by atoms with van der Waals surface area (Å²) in [6.07, 6.45) is 1.76. The number of ether oxygens (including phenoxy) is 1. The molecule has 0 radical (unpaired) electrons. The van der Waals surface area contributed by atoms with Crippen molar-refractivity contribution in [3.05, 3.63) is 42.1 Å². The summed E-state index contributed by atoms with van der Waals surface area (Å²) >= 11 is 0. The highest BCUT2D eigenvalue weighted by molar-refractivity contribution is 5.79. The van der Waals surface area contributed by atoms with E-state index in [1.54, 1.807) is 13.3 Å². The number of fused-ring (bicyclic) bond motifs is 1. The first-order chi connectivity index (χ1) is 9.20. The molecule has 96 valence electrons. The zero-order valence-electron chi connectivity index (χ0n) is 10.8. The summed E-state index contributed by atoms with van der Waals surface area (Å²) in [6, 6.07) is 9.56. The third-order valence-electron chi connectivity index (χ3n) is 3.10. The van der Waals surface area contributed by atoms with Crippen molar-refractivity contribution in [3.8, 4) is 11.4 Å². The predicted molar refractivity (Wildman–Crippen MR) is 74.6 cm³/mol. The Bertz CT molecular complexity index is 731. The van der Waals surface area contributed by atoms with Gasteiger partial charge in [0.1, 0.15) is 11.3 Å². The van der Waals surface area contributed by atoms with Gasteiger partial charge in [-0.2, -0.15) is 0 Å². The van der Waals surface area contributed by atoms with Gasteiger partial charge in [0.25, 0.3) is 0 Å². The second-order valence-electron chi connectivity index (χ2n) is 4.30. The Morgan fingerprint density at radius 2 is 1.89 bits per heavy atom. The van der Waals surface area contributed by atoms with Crippen LogP contribution in [-0.2, 0) is 0 Å². The fourth-order valence-electron chi connectivity index (χ4n) is 2.10. The van der Waals surface area contributed by atoms with Gasteiger partial charge >= 0.3 is 0 Å². The fourth-order valence-corrected chi connectivity index (χ4v) is 2.10. The molecular formula is C14H14N4O. The second kappa shape index (κ2) is 4.28. The minimum Gasteiger partial charge on any atom is -0.497 e. The lowest BCUT2D eigenvalue weighted by Crippen LogP contribution is -2.01. The van der Waals surface area contributed by atoms with Gasteiger partial charge in [0, 0.05) is 6.20 Å². The molecule has 5 heteroatoms. The Morgan fingerprint density at radius 3 is 2.58 bits per heavy atom. The number of nitrogen functional groups attached to an aromatic ring is 1. The third-order valence-corrected chi connectivity index (χ3v) is 3.10. The van der Waals surface area contributed by atoms with Gasteiger partial charge in [-0.1, -0.05) is 0 Å². The lowest BCUT2D eigenvalue weighted by atomic mass is 10.2. The lowest BCUT2D eigenvalue weighted by Gasteiger charge is -2.06. The third kappa shape index (κ3) is 1.79. The van der Waals surface area contributed by atoms with Gasteiger partial charge in [-0.3, -0.25) is 4.57 Å². The van der Waals surface area contributed by atoms with Gasteiger partial charge in [0.15, 0.2) is 5.65 Å². The van der Waals surface area contributed by atoms with Crippen molar-refractivity contribution in [3.63, 3.8) is 0 Å². The van der Waals surface area contributed by atoms with Crippen LogP contribution in [0.2, 0.25) is 0 Å². The Labute approximate surface area is 110 Å². The van der Waals surface area contributed by atoms with Crippen LogP contribution in [0.4, 0.5) is 5.95 Å². The zero-order chi connectivity index (χ0) is 13.4. The molecule has 0 atom stereocenters. The smallest absolute Gasteiger partial charge is 0.207 e. The topological polar surface area (TPSA) is 66.0 Å². The minimum atomic E-state index is 0.432. The summed E-state index contributed by atoms with van der Waals surface area (Å²) in [6.45, 7) is 1.99. The molecular weight excluding hydrogens is 240 g/mol. The van der Waals surface area contributed by atoms with Gasteiger partial charge in [-0.25, -0.2) is 9.97 Å². The van der Waals surface area contributed by atoms with Crippen LogP contribution in [0.25, 0.3) is 16.9 Å². The molecule has 2 aromatic heterocycles. The summed E-state index contributed by atoms with van der Waals surface area (Å²) in [5, 5.41) is 0. The van der Waals surface area contributed by atoms with Gasteiger partial charge in [-0.05, 0) is 42.8 Å². The van der Waals surface area contributed by atoms with Crippen molar-refractivity contribution >= 4 is 17.1 Å². The maximum Gasteiger partial charge on any atom is 0.207 e. The van der Waals surface area contributed by atoms with Crippen molar-refractivity contribution in [2.75, 3.05) is 12.8 Å². The highest BCUT2D eigenvalue weighted by atomic mass is 16.5. The number of nitrogens with zero attached hydrogens (tertiary/aromatic N) is 3. The van der Waals surface area contributed by atoms with Crippen LogP contribution in [-0.4, -0.2) is 21.6 Å². The average Bonchev–Trinajstić information content (AvgIpc) is 2.77. The van der Waals surface area contributed by atoms with Gasteiger partial charge in [0.2, 0.25) is 5.95 Å². The molecule has 0 amide bonds. The lowest BCUT2D eigenvalue weighted by molar-refractivity contribution is 0.415. The number of aryl methyl sites for hydroxylation is 1. The first-order valence-corrected chi connectivity index (χ1v) is 5.94. The van der Waals surface area contributed by atoms with E-state index in [1.165, 1.54) is 0 Å². The van der Waals surface area contributed by atoms with E-state index in [9.17, 15) is 0 Å². The largest absolute Gasteiger partial charge is 0.497 e. The normalized spacial score (nSPS) is 10.8. The van der Waals surface area contributed by atoms with E-state index >= 15 is 0 Å². The molecule has 0 saturated carbocycles. The van der Waals surface area contributed by atoms with Crippen molar-refractivity contribution in [1.29, 1.82) is 0 Å². The molecule has 0 saturated heterocycles. The molecule has 1 aromatic carbocycles. The SMILES string of the molecule is COc1ccc(-n2c(N)nc3c(C)ccnc32)cc1. The molecule has 0 bridgehead atoms. The Balaban J connectivity index is 2.23. The van der Waals surface area contributed by atoms with E-state index in [4.69, 9.17) is 10.5 Å². The van der Waals surface area contributed by atoms with Crippen LogP contribution in [0.3, 0.4) is 0 Å². The average molecular weight is 254 g/mol.